The number of carbonyl (C=O) groups excluding carboxylic acids is 2. The van der Waals surface area contributed by atoms with Crippen LogP contribution in [0.3, 0.4) is 0 Å². The Morgan fingerprint density at radius 2 is 1.61 bits per heavy atom. The number of rotatable bonds is 9. The second-order valence-corrected chi connectivity index (χ2v) is 11.4. The van der Waals surface area contributed by atoms with Crippen LogP contribution in [-0.2, 0) is 26.2 Å². The summed E-state index contributed by atoms with van der Waals surface area (Å²) in [5.41, 5.74) is 0.372. The van der Waals surface area contributed by atoms with E-state index in [4.69, 9.17) is 11.6 Å². The summed E-state index contributed by atoms with van der Waals surface area (Å²) < 4.78 is 26.9. The highest BCUT2D eigenvalue weighted by Crippen LogP contribution is 2.19. The molecule has 1 atom stereocenters. The van der Waals surface area contributed by atoms with Crippen LogP contribution in [0.1, 0.15) is 39.7 Å². The standard InChI is InChI=1S/C24H32ClN3O4S/c1-6-21(23(30)26-24(2,3)4)28(16-18-10-8-7-9-11-18)22(29)17-27(5)33(31,32)20-14-12-19(25)13-15-20/h7-15,21H,6,16-17H2,1-5H3,(H,26,30)/t21-/m0/s1. The highest BCUT2D eigenvalue weighted by atomic mass is 35.5. The highest BCUT2D eigenvalue weighted by Gasteiger charge is 2.33. The fourth-order valence-electron chi connectivity index (χ4n) is 3.31. The number of benzene rings is 2. The fraction of sp³-hybridized carbons (Fsp3) is 0.417. The van der Waals surface area contributed by atoms with Crippen molar-refractivity contribution in [3.8, 4) is 0 Å². The van der Waals surface area contributed by atoms with E-state index in [9.17, 15) is 18.0 Å². The third-order valence-corrected chi connectivity index (χ3v) is 7.03. The zero-order valence-electron chi connectivity index (χ0n) is 19.7. The van der Waals surface area contributed by atoms with Crippen molar-refractivity contribution in [2.45, 2.75) is 57.1 Å². The molecule has 180 valence electrons. The molecule has 0 aliphatic rings. The quantitative estimate of drug-likeness (QED) is 0.577. The number of nitrogens with one attached hydrogen (secondary N) is 1. The van der Waals surface area contributed by atoms with Crippen LogP contribution in [0.25, 0.3) is 0 Å². The molecule has 0 spiro atoms. The van der Waals surface area contributed by atoms with Crippen molar-refractivity contribution in [2.24, 2.45) is 0 Å². The first-order chi connectivity index (χ1) is 15.3. The van der Waals surface area contributed by atoms with Crippen molar-refractivity contribution in [1.82, 2.24) is 14.5 Å². The third-order valence-electron chi connectivity index (χ3n) is 4.96. The van der Waals surface area contributed by atoms with Crippen molar-refractivity contribution in [1.29, 1.82) is 0 Å². The Morgan fingerprint density at radius 3 is 2.12 bits per heavy atom. The lowest BCUT2D eigenvalue weighted by atomic mass is 10.1. The van der Waals surface area contributed by atoms with Gasteiger partial charge in [-0.05, 0) is 57.0 Å². The predicted molar refractivity (Wildman–Crippen MR) is 130 cm³/mol. The van der Waals surface area contributed by atoms with Gasteiger partial charge in [-0.2, -0.15) is 4.31 Å². The molecule has 9 heteroatoms. The van der Waals surface area contributed by atoms with Crippen molar-refractivity contribution in [3.63, 3.8) is 0 Å². The van der Waals surface area contributed by atoms with E-state index in [2.05, 4.69) is 5.32 Å². The lowest BCUT2D eigenvalue weighted by Crippen LogP contribution is -2.55. The number of hydrogen-bond acceptors (Lipinski definition) is 4. The average Bonchev–Trinajstić information content (AvgIpc) is 2.73. The molecule has 0 aliphatic heterocycles. The van der Waals surface area contributed by atoms with Gasteiger partial charge in [0.15, 0.2) is 0 Å². The van der Waals surface area contributed by atoms with Gasteiger partial charge < -0.3 is 10.2 Å². The first-order valence-electron chi connectivity index (χ1n) is 10.7. The Bertz CT molecular complexity index is 1050. The van der Waals surface area contributed by atoms with E-state index in [0.717, 1.165) is 9.87 Å². The lowest BCUT2D eigenvalue weighted by Gasteiger charge is -2.34. The highest BCUT2D eigenvalue weighted by molar-refractivity contribution is 7.89. The minimum Gasteiger partial charge on any atom is -0.350 e. The molecule has 0 aliphatic carbocycles. The normalized spacial score (nSPS) is 12.9. The molecule has 2 aromatic rings. The van der Waals surface area contributed by atoms with Crippen molar-refractivity contribution >= 4 is 33.4 Å². The Hall–Kier alpha value is -2.42. The zero-order valence-corrected chi connectivity index (χ0v) is 21.3. The van der Waals surface area contributed by atoms with E-state index < -0.39 is 34.1 Å². The van der Waals surface area contributed by atoms with E-state index in [1.54, 1.807) is 0 Å². The second-order valence-electron chi connectivity index (χ2n) is 8.89. The van der Waals surface area contributed by atoms with Gasteiger partial charge in [-0.25, -0.2) is 8.42 Å². The number of hydrogen-bond donors (Lipinski definition) is 1. The summed E-state index contributed by atoms with van der Waals surface area (Å²) in [5.74, 6) is -0.743. The number of carbonyl (C=O) groups is 2. The zero-order chi connectivity index (χ0) is 24.8. The maximum absolute atomic E-state index is 13.4. The number of amides is 2. The molecule has 0 saturated heterocycles. The van der Waals surface area contributed by atoms with Gasteiger partial charge in [0.2, 0.25) is 21.8 Å². The van der Waals surface area contributed by atoms with Gasteiger partial charge in [0.25, 0.3) is 0 Å². The molecule has 0 bridgehead atoms. The predicted octanol–water partition coefficient (Wildman–Crippen LogP) is 3.68. The molecule has 0 unspecified atom stereocenters. The monoisotopic (exact) mass is 493 g/mol. The molecule has 7 nitrogen and oxygen atoms in total. The van der Waals surface area contributed by atoms with Gasteiger partial charge in [-0.3, -0.25) is 9.59 Å². The summed E-state index contributed by atoms with van der Waals surface area (Å²) in [5, 5.41) is 3.34. The summed E-state index contributed by atoms with van der Waals surface area (Å²) in [6.45, 7) is 7.21. The third kappa shape index (κ3) is 7.55. The van der Waals surface area contributed by atoms with Gasteiger partial charge >= 0.3 is 0 Å². The maximum atomic E-state index is 13.4. The molecule has 0 saturated carbocycles. The minimum absolute atomic E-state index is 0.0364. The van der Waals surface area contributed by atoms with E-state index in [1.165, 1.54) is 36.2 Å². The summed E-state index contributed by atoms with van der Waals surface area (Å²) >= 11 is 5.86. The summed E-state index contributed by atoms with van der Waals surface area (Å²) in [7, 11) is -2.57. The molecule has 0 aromatic heterocycles. The Morgan fingerprint density at radius 1 is 1.03 bits per heavy atom. The van der Waals surface area contributed by atoms with Gasteiger partial charge in [0.1, 0.15) is 6.04 Å². The maximum Gasteiger partial charge on any atom is 0.243 e. The van der Waals surface area contributed by atoms with Crippen LogP contribution in [0.4, 0.5) is 0 Å². The fourth-order valence-corrected chi connectivity index (χ4v) is 4.55. The van der Waals surface area contributed by atoms with E-state index in [0.29, 0.717) is 11.4 Å². The Balaban J connectivity index is 2.32. The number of sulfonamides is 1. The van der Waals surface area contributed by atoms with Crippen LogP contribution in [0.2, 0.25) is 5.02 Å². The molecule has 2 amide bonds. The van der Waals surface area contributed by atoms with Gasteiger partial charge in [0.05, 0.1) is 11.4 Å². The van der Waals surface area contributed by atoms with Crippen LogP contribution in [0.15, 0.2) is 59.5 Å². The second kappa shape index (κ2) is 11.1. The molecule has 2 rings (SSSR count). The summed E-state index contributed by atoms with van der Waals surface area (Å²) in [6, 6.07) is 14.3. The molecule has 33 heavy (non-hydrogen) atoms. The number of likely N-dealkylation sites (N-methyl/N-ethyl adjacent to an activating group) is 1. The summed E-state index contributed by atoms with van der Waals surface area (Å²) in [4.78, 5) is 27.9. The smallest absolute Gasteiger partial charge is 0.243 e. The Labute approximate surface area is 201 Å². The minimum atomic E-state index is -3.91. The van der Waals surface area contributed by atoms with Crippen LogP contribution in [0, 0.1) is 0 Å². The molecule has 2 aromatic carbocycles. The van der Waals surface area contributed by atoms with Gasteiger partial charge in [-0.15, -0.1) is 0 Å². The van der Waals surface area contributed by atoms with E-state index >= 15 is 0 Å². The first-order valence-corrected chi connectivity index (χ1v) is 12.5. The van der Waals surface area contributed by atoms with E-state index in [-0.39, 0.29) is 17.3 Å². The molecular formula is C24H32ClN3O4S. The van der Waals surface area contributed by atoms with Crippen LogP contribution < -0.4 is 5.32 Å². The topological polar surface area (TPSA) is 86.8 Å². The van der Waals surface area contributed by atoms with E-state index in [1.807, 2.05) is 58.0 Å². The molecule has 1 N–H and O–H groups in total. The van der Waals surface area contributed by atoms with Gasteiger partial charge in [0, 0.05) is 24.2 Å². The lowest BCUT2D eigenvalue weighted by molar-refractivity contribution is -0.142. The average molecular weight is 494 g/mol. The molecular weight excluding hydrogens is 462 g/mol. The summed E-state index contributed by atoms with van der Waals surface area (Å²) in [6.07, 6.45) is 0.383. The largest absolute Gasteiger partial charge is 0.350 e. The molecule has 0 heterocycles. The number of halogens is 1. The Kier molecular flexibility index (Phi) is 9.05. The number of nitrogens with zero attached hydrogens (tertiary/aromatic N) is 2. The van der Waals surface area contributed by atoms with Crippen LogP contribution in [0.5, 0.6) is 0 Å². The molecule has 0 radical (unpaired) electrons. The van der Waals surface area contributed by atoms with Crippen molar-refractivity contribution < 1.29 is 18.0 Å². The van der Waals surface area contributed by atoms with Crippen molar-refractivity contribution in [2.75, 3.05) is 13.6 Å². The van der Waals surface area contributed by atoms with Gasteiger partial charge in [-0.1, -0.05) is 48.9 Å². The van der Waals surface area contributed by atoms with Crippen molar-refractivity contribution in [3.05, 3.63) is 65.2 Å². The van der Waals surface area contributed by atoms with Crippen LogP contribution in [-0.4, -0.2) is 54.6 Å². The first kappa shape index (κ1) is 26.8. The SMILES string of the molecule is CC[C@@H](C(=O)NC(C)(C)C)N(Cc1ccccc1)C(=O)CN(C)S(=O)(=O)c1ccc(Cl)cc1. The molecule has 0 fully saturated rings. The van der Waals surface area contributed by atoms with Crippen LogP contribution >= 0.6 is 11.6 Å².